The first-order valence-electron chi connectivity index (χ1n) is 7.55. The van der Waals surface area contributed by atoms with E-state index in [1.165, 1.54) is 5.57 Å². The molecule has 0 radical (unpaired) electrons. The Morgan fingerprint density at radius 2 is 2.20 bits per heavy atom. The second-order valence-corrected chi connectivity index (χ2v) is 5.65. The summed E-state index contributed by atoms with van der Waals surface area (Å²) in [4.78, 5) is 2.12. The molecule has 0 aliphatic carbocycles. The molecule has 1 aromatic carbocycles. The SMILES string of the molecule is CCCNC(C)c1ccc(N2CCC=C(C)C2)c(F)c1. The molecule has 1 atom stereocenters. The summed E-state index contributed by atoms with van der Waals surface area (Å²) in [5, 5.41) is 3.39. The van der Waals surface area contributed by atoms with Crippen molar-refractivity contribution in [3.05, 3.63) is 41.2 Å². The summed E-state index contributed by atoms with van der Waals surface area (Å²) in [6, 6.07) is 5.84. The molecule has 1 heterocycles. The Morgan fingerprint density at radius 1 is 1.40 bits per heavy atom. The zero-order chi connectivity index (χ0) is 14.5. The summed E-state index contributed by atoms with van der Waals surface area (Å²) in [6.07, 6.45) is 4.32. The van der Waals surface area contributed by atoms with Crippen LogP contribution < -0.4 is 10.2 Å². The molecule has 1 aromatic rings. The van der Waals surface area contributed by atoms with E-state index in [0.717, 1.165) is 43.7 Å². The predicted molar refractivity (Wildman–Crippen MR) is 83.7 cm³/mol. The van der Waals surface area contributed by atoms with Crippen LogP contribution in [0.3, 0.4) is 0 Å². The second kappa shape index (κ2) is 6.89. The van der Waals surface area contributed by atoms with Crippen LogP contribution in [0.5, 0.6) is 0 Å². The van der Waals surface area contributed by atoms with Crippen LogP contribution in [0.4, 0.5) is 10.1 Å². The number of benzene rings is 1. The maximum atomic E-state index is 14.4. The van der Waals surface area contributed by atoms with Crippen molar-refractivity contribution in [1.29, 1.82) is 0 Å². The van der Waals surface area contributed by atoms with Gasteiger partial charge in [-0.1, -0.05) is 24.6 Å². The number of rotatable bonds is 5. The second-order valence-electron chi connectivity index (χ2n) is 5.65. The maximum Gasteiger partial charge on any atom is 0.146 e. The van der Waals surface area contributed by atoms with E-state index in [1.54, 1.807) is 6.07 Å². The smallest absolute Gasteiger partial charge is 0.146 e. The van der Waals surface area contributed by atoms with Crippen molar-refractivity contribution in [3.63, 3.8) is 0 Å². The van der Waals surface area contributed by atoms with Crippen LogP contribution >= 0.6 is 0 Å². The largest absolute Gasteiger partial charge is 0.365 e. The summed E-state index contributed by atoms with van der Waals surface area (Å²) >= 11 is 0. The molecule has 1 aliphatic rings. The Hall–Kier alpha value is -1.35. The fourth-order valence-electron chi connectivity index (χ4n) is 2.64. The minimum absolute atomic E-state index is 0.109. The number of anilines is 1. The van der Waals surface area contributed by atoms with Gasteiger partial charge in [-0.2, -0.15) is 0 Å². The van der Waals surface area contributed by atoms with E-state index < -0.39 is 0 Å². The summed E-state index contributed by atoms with van der Waals surface area (Å²) in [5.74, 6) is -0.109. The zero-order valence-electron chi connectivity index (χ0n) is 12.7. The minimum Gasteiger partial charge on any atom is -0.365 e. The van der Waals surface area contributed by atoms with Crippen LogP contribution in [-0.2, 0) is 0 Å². The standard InChI is InChI=1S/C17H25FN2/c1-4-9-19-14(3)15-7-8-17(16(18)11-15)20-10-5-6-13(2)12-20/h6-8,11,14,19H,4-5,9-10,12H2,1-3H3. The molecule has 1 unspecified atom stereocenters. The first kappa shape index (κ1) is 15.0. The maximum absolute atomic E-state index is 14.4. The lowest BCUT2D eigenvalue weighted by Crippen LogP contribution is -2.30. The average molecular weight is 276 g/mol. The summed E-state index contributed by atoms with van der Waals surface area (Å²) < 4.78 is 14.4. The summed E-state index contributed by atoms with van der Waals surface area (Å²) in [7, 11) is 0. The van der Waals surface area contributed by atoms with Gasteiger partial charge in [0.2, 0.25) is 0 Å². The normalized spacial score (nSPS) is 17.0. The highest BCUT2D eigenvalue weighted by Gasteiger charge is 2.16. The fourth-order valence-corrected chi connectivity index (χ4v) is 2.64. The van der Waals surface area contributed by atoms with E-state index in [0.29, 0.717) is 0 Å². The Balaban J connectivity index is 2.11. The van der Waals surface area contributed by atoms with Gasteiger partial charge in [-0.05, 0) is 50.9 Å². The molecule has 3 heteroatoms. The van der Waals surface area contributed by atoms with Crippen LogP contribution in [0.15, 0.2) is 29.8 Å². The molecule has 110 valence electrons. The molecule has 20 heavy (non-hydrogen) atoms. The fraction of sp³-hybridized carbons (Fsp3) is 0.529. The lowest BCUT2D eigenvalue weighted by molar-refractivity contribution is 0.561. The van der Waals surface area contributed by atoms with Crippen LogP contribution in [0.25, 0.3) is 0 Å². The Morgan fingerprint density at radius 3 is 2.85 bits per heavy atom. The third kappa shape index (κ3) is 3.60. The van der Waals surface area contributed by atoms with Gasteiger partial charge in [-0.15, -0.1) is 0 Å². The number of halogens is 1. The van der Waals surface area contributed by atoms with Gasteiger partial charge in [-0.25, -0.2) is 4.39 Å². The predicted octanol–water partition coefficient (Wildman–Crippen LogP) is 4.04. The van der Waals surface area contributed by atoms with Crippen molar-refractivity contribution in [2.45, 2.75) is 39.7 Å². The monoisotopic (exact) mass is 276 g/mol. The summed E-state index contributed by atoms with van der Waals surface area (Å²) in [6.45, 7) is 9.01. The van der Waals surface area contributed by atoms with Crippen LogP contribution in [0.1, 0.15) is 45.2 Å². The Kier molecular flexibility index (Phi) is 5.18. The topological polar surface area (TPSA) is 15.3 Å². The molecular formula is C17H25FN2. The van der Waals surface area contributed by atoms with Crippen molar-refractivity contribution < 1.29 is 4.39 Å². The molecule has 2 nitrogen and oxygen atoms in total. The van der Waals surface area contributed by atoms with Gasteiger partial charge < -0.3 is 10.2 Å². The highest BCUT2D eigenvalue weighted by molar-refractivity contribution is 5.51. The minimum atomic E-state index is -0.109. The van der Waals surface area contributed by atoms with Gasteiger partial charge >= 0.3 is 0 Å². The third-order valence-electron chi connectivity index (χ3n) is 3.85. The van der Waals surface area contributed by atoms with Crippen LogP contribution in [0, 0.1) is 5.82 Å². The van der Waals surface area contributed by atoms with E-state index in [1.807, 2.05) is 12.1 Å². The molecule has 0 amide bonds. The van der Waals surface area contributed by atoms with Gasteiger partial charge in [0.1, 0.15) is 5.82 Å². The number of hydrogen-bond donors (Lipinski definition) is 1. The van der Waals surface area contributed by atoms with Crippen LogP contribution in [-0.4, -0.2) is 19.6 Å². The zero-order valence-corrected chi connectivity index (χ0v) is 12.7. The van der Waals surface area contributed by atoms with E-state index in [4.69, 9.17) is 0 Å². The Bertz CT molecular complexity index is 482. The quantitative estimate of drug-likeness (QED) is 0.816. The van der Waals surface area contributed by atoms with Crippen LogP contribution in [0.2, 0.25) is 0 Å². The van der Waals surface area contributed by atoms with E-state index in [2.05, 4.69) is 37.1 Å². The molecule has 1 aliphatic heterocycles. The molecule has 0 bridgehead atoms. The van der Waals surface area contributed by atoms with Crippen molar-refractivity contribution in [2.75, 3.05) is 24.5 Å². The highest BCUT2D eigenvalue weighted by Crippen LogP contribution is 2.26. The van der Waals surface area contributed by atoms with Gasteiger partial charge in [-0.3, -0.25) is 0 Å². The van der Waals surface area contributed by atoms with Gasteiger partial charge in [0.25, 0.3) is 0 Å². The molecule has 0 spiro atoms. The molecule has 1 N–H and O–H groups in total. The van der Waals surface area contributed by atoms with Crippen molar-refractivity contribution >= 4 is 5.69 Å². The van der Waals surface area contributed by atoms with E-state index >= 15 is 0 Å². The number of nitrogens with zero attached hydrogens (tertiary/aromatic N) is 1. The highest BCUT2D eigenvalue weighted by atomic mass is 19.1. The van der Waals surface area contributed by atoms with Gasteiger partial charge in [0.05, 0.1) is 5.69 Å². The van der Waals surface area contributed by atoms with E-state index in [-0.39, 0.29) is 11.9 Å². The summed E-state index contributed by atoms with van der Waals surface area (Å²) in [5.41, 5.74) is 3.06. The number of nitrogens with one attached hydrogen (secondary N) is 1. The van der Waals surface area contributed by atoms with Gasteiger partial charge in [0, 0.05) is 19.1 Å². The van der Waals surface area contributed by atoms with Crippen molar-refractivity contribution in [1.82, 2.24) is 5.32 Å². The van der Waals surface area contributed by atoms with E-state index in [9.17, 15) is 4.39 Å². The lowest BCUT2D eigenvalue weighted by atomic mass is 10.1. The average Bonchev–Trinajstić information content (AvgIpc) is 2.44. The molecule has 0 saturated heterocycles. The lowest BCUT2D eigenvalue weighted by Gasteiger charge is -2.29. The first-order chi connectivity index (χ1) is 9.61. The number of hydrogen-bond acceptors (Lipinski definition) is 2. The van der Waals surface area contributed by atoms with Crippen molar-refractivity contribution in [2.24, 2.45) is 0 Å². The first-order valence-corrected chi connectivity index (χ1v) is 7.55. The molecule has 0 saturated carbocycles. The molecule has 0 aromatic heterocycles. The van der Waals surface area contributed by atoms with Crippen molar-refractivity contribution in [3.8, 4) is 0 Å². The third-order valence-corrected chi connectivity index (χ3v) is 3.85. The molecule has 0 fully saturated rings. The Labute approximate surface area is 121 Å². The van der Waals surface area contributed by atoms with Gasteiger partial charge in [0.15, 0.2) is 0 Å². The molecular weight excluding hydrogens is 251 g/mol. The molecule has 2 rings (SSSR count).